The summed E-state index contributed by atoms with van der Waals surface area (Å²) >= 11 is 0. The molecule has 10 heteroatoms. The summed E-state index contributed by atoms with van der Waals surface area (Å²) < 4.78 is 47.0. The van der Waals surface area contributed by atoms with Crippen LogP contribution in [0.1, 0.15) is 55.1 Å². The molecule has 194 valence electrons. The smallest absolute Gasteiger partial charge is 0.487 e. The molecule has 1 unspecified atom stereocenters. The van der Waals surface area contributed by atoms with Gasteiger partial charge >= 0.3 is 24.1 Å². The molecule has 1 aliphatic heterocycles. The number of nitrogens with zero attached hydrogens (tertiary/aromatic N) is 1. The number of likely N-dealkylation sites (tertiary alicyclic amines) is 1. The summed E-state index contributed by atoms with van der Waals surface area (Å²) in [6.07, 6.45) is -2.36. The second-order valence-corrected chi connectivity index (χ2v) is 8.98. The first-order valence-electron chi connectivity index (χ1n) is 11.8. The third kappa shape index (κ3) is 6.63. The summed E-state index contributed by atoms with van der Waals surface area (Å²) in [7, 11) is 0. The zero-order valence-electron chi connectivity index (χ0n) is 20.2. The van der Waals surface area contributed by atoms with Crippen molar-refractivity contribution in [3.05, 3.63) is 65.7 Å². The first-order valence-corrected chi connectivity index (χ1v) is 11.8. The number of hydrogen-bond acceptors (Lipinski definition) is 5. The number of quaternary nitrogens is 1. The van der Waals surface area contributed by atoms with Gasteiger partial charge in [-0.15, -0.1) is 0 Å². The van der Waals surface area contributed by atoms with Crippen LogP contribution in [-0.2, 0) is 9.53 Å². The second kappa shape index (κ2) is 11.6. The van der Waals surface area contributed by atoms with Crippen molar-refractivity contribution < 1.29 is 41.5 Å². The Balaban J connectivity index is 1.65. The minimum absolute atomic E-state index is 0.0963. The lowest BCUT2D eigenvalue weighted by molar-refractivity contribution is -0.879. The van der Waals surface area contributed by atoms with Crippen molar-refractivity contribution in [2.45, 2.75) is 51.4 Å². The Hall–Kier alpha value is -3.40. The number of rotatable bonds is 7. The van der Waals surface area contributed by atoms with Crippen LogP contribution in [0.4, 0.5) is 18.0 Å². The van der Waals surface area contributed by atoms with Gasteiger partial charge in [0.2, 0.25) is 0 Å². The quantitative estimate of drug-likeness (QED) is 0.318. The number of esters is 2. The average molecular weight is 508 g/mol. The van der Waals surface area contributed by atoms with Crippen LogP contribution in [0.2, 0.25) is 0 Å². The van der Waals surface area contributed by atoms with Crippen LogP contribution in [0.15, 0.2) is 54.6 Å². The molecule has 36 heavy (non-hydrogen) atoms. The number of benzene rings is 2. The lowest BCUT2D eigenvalue weighted by atomic mass is 10.0. The molecule has 1 fully saturated rings. The molecule has 7 nitrogen and oxygen atoms in total. The Bertz CT molecular complexity index is 1050. The average Bonchev–Trinajstić information content (AvgIpc) is 2.87. The number of ether oxygens (including phenoxy) is 2. The lowest BCUT2D eigenvalue weighted by Crippen LogP contribution is -2.65. The van der Waals surface area contributed by atoms with Gasteiger partial charge in [-0.3, -0.25) is 5.32 Å². The van der Waals surface area contributed by atoms with Crippen molar-refractivity contribution in [2.24, 2.45) is 0 Å². The van der Waals surface area contributed by atoms with E-state index in [1.165, 1.54) is 24.3 Å². The molecule has 3 rings (SSSR count). The van der Waals surface area contributed by atoms with Crippen molar-refractivity contribution in [1.29, 1.82) is 0 Å². The maximum atomic E-state index is 13.5. The highest BCUT2D eigenvalue weighted by Gasteiger charge is 2.44. The predicted molar refractivity (Wildman–Crippen MR) is 125 cm³/mol. The number of hydrogen-bond donors (Lipinski definition) is 1. The topological polar surface area (TPSA) is 81.7 Å². The van der Waals surface area contributed by atoms with Crippen molar-refractivity contribution in [1.82, 2.24) is 5.32 Å². The van der Waals surface area contributed by atoms with E-state index in [2.05, 4.69) is 10.1 Å². The zero-order chi connectivity index (χ0) is 26.3. The number of halogens is 3. The lowest BCUT2D eigenvalue weighted by Gasteiger charge is -2.43. The fourth-order valence-electron chi connectivity index (χ4n) is 4.30. The third-order valence-corrected chi connectivity index (χ3v) is 6.50. The number of piperidine rings is 1. The summed E-state index contributed by atoms with van der Waals surface area (Å²) in [5.41, 5.74) is 0.437. The Labute approximate surface area is 207 Å². The number of para-hydroxylation sites is 1. The van der Waals surface area contributed by atoms with Crippen LogP contribution in [0.3, 0.4) is 0 Å². The summed E-state index contributed by atoms with van der Waals surface area (Å²) in [6, 6.07) is 14.3. The fourth-order valence-corrected chi connectivity index (χ4v) is 4.30. The van der Waals surface area contributed by atoms with Gasteiger partial charge < -0.3 is 9.47 Å². The summed E-state index contributed by atoms with van der Waals surface area (Å²) in [6.45, 7) is 5.54. The Morgan fingerprint density at radius 1 is 0.944 bits per heavy atom. The molecular formula is C26H30F3N2O5+. The molecule has 0 radical (unpaired) electrons. The molecule has 2 aromatic rings. The van der Waals surface area contributed by atoms with Crippen molar-refractivity contribution in [3.63, 3.8) is 0 Å². The summed E-state index contributed by atoms with van der Waals surface area (Å²) in [5, 5.41) is 3.05. The van der Waals surface area contributed by atoms with Gasteiger partial charge in [0, 0.05) is 0 Å². The monoisotopic (exact) mass is 507 g/mol. The van der Waals surface area contributed by atoms with Gasteiger partial charge in [-0.05, 0) is 62.9 Å². The fraction of sp³-hybridized carbons (Fsp3) is 0.423. The van der Waals surface area contributed by atoms with Gasteiger partial charge in [-0.1, -0.05) is 30.3 Å². The molecule has 1 saturated heterocycles. The van der Waals surface area contributed by atoms with Gasteiger partial charge in [0.25, 0.3) is 0 Å². The van der Waals surface area contributed by atoms with Gasteiger partial charge in [-0.2, -0.15) is 13.2 Å². The standard InChI is InChI=1S/C26H29F3N2O5/c1-18(17-35-22-9-5-3-6-10-22)31(15-7-4-8-16-31)25(34)30-19(2)20-11-13-21(14-12-20)23(32)36-24(33)26(27,28)29/h3,5-6,9-14,18-19H,4,7-8,15-17H2,1-2H3/p+1/t18?,19-/m0/s1. The van der Waals surface area contributed by atoms with Crippen molar-refractivity contribution in [3.8, 4) is 5.75 Å². The SMILES string of the molecule is CC(COc1ccccc1)[N+]1(C(=O)N[C@@H](C)c2ccc(C(=O)OC(=O)C(F)(F)F)cc2)CCCCC1. The molecule has 0 spiro atoms. The first kappa shape index (κ1) is 27.2. The molecule has 0 bridgehead atoms. The number of alkyl halides is 3. The van der Waals surface area contributed by atoms with E-state index in [-0.39, 0.29) is 22.1 Å². The normalized spacial score (nSPS) is 16.9. The van der Waals surface area contributed by atoms with Crippen LogP contribution < -0.4 is 10.1 Å². The van der Waals surface area contributed by atoms with Crippen LogP contribution in [-0.4, -0.2) is 54.4 Å². The van der Waals surface area contributed by atoms with Gasteiger partial charge in [0.1, 0.15) is 18.4 Å². The van der Waals surface area contributed by atoms with E-state index in [4.69, 9.17) is 4.74 Å². The van der Waals surface area contributed by atoms with Gasteiger partial charge in [0.15, 0.2) is 0 Å². The Kier molecular flexibility index (Phi) is 8.73. The van der Waals surface area contributed by atoms with Crippen LogP contribution in [0.25, 0.3) is 0 Å². The van der Waals surface area contributed by atoms with Crippen molar-refractivity contribution in [2.75, 3.05) is 19.7 Å². The number of amides is 2. The summed E-state index contributed by atoms with van der Waals surface area (Å²) in [4.78, 5) is 36.2. The molecule has 0 saturated carbocycles. The zero-order valence-corrected chi connectivity index (χ0v) is 20.2. The van der Waals surface area contributed by atoms with E-state index < -0.39 is 24.2 Å². The van der Waals surface area contributed by atoms with E-state index >= 15 is 0 Å². The Morgan fingerprint density at radius 2 is 1.56 bits per heavy atom. The minimum atomic E-state index is -5.26. The van der Waals surface area contributed by atoms with Gasteiger partial charge in [-0.25, -0.2) is 18.9 Å². The second-order valence-electron chi connectivity index (χ2n) is 8.98. The predicted octanol–water partition coefficient (Wildman–Crippen LogP) is 5.17. The molecule has 1 N–H and O–H groups in total. The van der Waals surface area contributed by atoms with E-state index in [1.54, 1.807) is 6.92 Å². The molecule has 1 aliphatic rings. The number of nitrogens with one attached hydrogen (secondary N) is 1. The van der Waals surface area contributed by atoms with E-state index in [1.807, 2.05) is 37.3 Å². The first-order chi connectivity index (χ1) is 17.0. The molecular weight excluding hydrogens is 477 g/mol. The van der Waals surface area contributed by atoms with E-state index in [0.29, 0.717) is 25.3 Å². The maximum Gasteiger partial charge on any atom is 0.491 e. The number of carbonyl (C=O) groups excluding carboxylic acids is 3. The van der Waals surface area contributed by atoms with Crippen LogP contribution in [0, 0.1) is 0 Å². The highest BCUT2D eigenvalue weighted by atomic mass is 19.4. The van der Waals surface area contributed by atoms with Crippen LogP contribution in [0.5, 0.6) is 5.75 Å². The van der Waals surface area contributed by atoms with E-state index in [9.17, 15) is 27.6 Å². The maximum absolute atomic E-state index is 13.5. The molecule has 2 aromatic carbocycles. The number of carbonyl (C=O) groups is 3. The third-order valence-electron chi connectivity index (χ3n) is 6.50. The minimum Gasteiger partial charge on any atom is -0.487 e. The highest BCUT2D eigenvalue weighted by molar-refractivity contribution is 5.98. The molecule has 2 atom stereocenters. The molecule has 0 aromatic heterocycles. The summed E-state index contributed by atoms with van der Waals surface area (Å²) in [5.74, 6) is -3.23. The molecule has 2 amide bonds. The van der Waals surface area contributed by atoms with E-state index in [0.717, 1.165) is 25.0 Å². The van der Waals surface area contributed by atoms with Crippen LogP contribution >= 0.6 is 0 Å². The molecule has 1 heterocycles. The van der Waals surface area contributed by atoms with Gasteiger partial charge in [0.05, 0.1) is 24.7 Å². The number of urea groups is 1. The molecule has 0 aliphatic carbocycles. The largest absolute Gasteiger partial charge is 0.491 e. The van der Waals surface area contributed by atoms with Crippen molar-refractivity contribution >= 4 is 18.0 Å². The highest BCUT2D eigenvalue weighted by Crippen LogP contribution is 2.26. The Morgan fingerprint density at radius 3 is 2.14 bits per heavy atom.